The molecule has 162 valence electrons. The summed E-state index contributed by atoms with van der Waals surface area (Å²) in [6, 6.07) is 13.2. The van der Waals surface area contributed by atoms with Gasteiger partial charge in [0.15, 0.2) is 0 Å². The quantitative estimate of drug-likeness (QED) is 0.455. The highest BCUT2D eigenvalue weighted by Gasteiger charge is 2.19. The van der Waals surface area contributed by atoms with E-state index < -0.39 is 5.82 Å². The van der Waals surface area contributed by atoms with Crippen molar-refractivity contribution >= 4 is 44.2 Å². The highest BCUT2D eigenvalue weighted by molar-refractivity contribution is 9.10. The van der Waals surface area contributed by atoms with Crippen molar-refractivity contribution in [3.63, 3.8) is 0 Å². The average molecular weight is 505 g/mol. The zero-order valence-electron chi connectivity index (χ0n) is 17.1. The van der Waals surface area contributed by atoms with Crippen LogP contribution in [0.3, 0.4) is 0 Å². The monoisotopic (exact) mass is 504 g/mol. The Hall–Kier alpha value is -2.65. The van der Waals surface area contributed by atoms with Crippen molar-refractivity contribution in [1.82, 2.24) is 15.1 Å². The van der Waals surface area contributed by atoms with Gasteiger partial charge in [-0.05, 0) is 36.2 Å². The van der Waals surface area contributed by atoms with Crippen LogP contribution in [0.2, 0.25) is 0 Å². The maximum Gasteiger partial charge on any atom is 0.253 e. The van der Waals surface area contributed by atoms with E-state index in [9.17, 15) is 14.0 Å². The topological polar surface area (TPSA) is 75.2 Å². The molecular weight excluding hydrogens is 483 g/mol. The lowest BCUT2D eigenvalue weighted by Gasteiger charge is -2.24. The summed E-state index contributed by atoms with van der Waals surface area (Å²) < 4.78 is 14.5. The number of hydrogen-bond acceptors (Lipinski definition) is 5. The van der Waals surface area contributed by atoms with Gasteiger partial charge in [-0.2, -0.15) is 0 Å². The van der Waals surface area contributed by atoms with Crippen LogP contribution in [0, 0.1) is 11.7 Å². The minimum Gasteiger partial charge on any atom is -0.338 e. The second-order valence-corrected chi connectivity index (χ2v) is 9.27. The Morgan fingerprint density at radius 3 is 2.58 bits per heavy atom. The van der Waals surface area contributed by atoms with Gasteiger partial charge in [0.1, 0.15) is 10.8 Å². The number of halogens is 2. The van der Waals surface area contributed by atoms with Gasteiger partial charge in [-0.25, -0.2) is 4.39 Å². The average Bonchev–Trinajstić information content (AvgIpc) is 3.19. The number of carbonyl (C=O) groups excluding carboxylic acids is 2. The van der Waals surface area contributed by atoms with E-state index in [0.717, 1.165) is 10.0 Å². The number of benzene rings is 2. The van der Waals surface area contributed by atoms with Crippen LogP contribution in [0.4, 0.5) is 9.52 Å². The van der Waals surface area contributed by atoms with Crippen LogP contribution < -0.4 is 5.32 Å². The smallest absolute Gasteiger partial charge is 0.253 e. The Balaban J connectivity index is 1.60. The van der Waals surface area contributed by atoms with Crippen molar-refractivity contribution < 1.29 is 14.0 Å². The van der Waals surface area contributed by atoms with Crippen LogP contribution >= 0.6 is 27.3 Å². The Morgan fingerprint density at radius 2 is 1.90 bits per heavy atom. The van der Waals surface area contributed by atoms with E-state index >= 15 is 0 Å². The van der Waals surface area contributed by atoms with Crippen LogP contribution in [-0.4, -0.2) is 40.0 Å². The summed E-state index contributed by atoms with van der Waals surface area (Å²) in [7, 11) is 0. The van der Waals surface area contributed by atoms with Gasteiger partial charge in [0, 0.05) is 35.1 Å². The number of aromatic nitrogens is 2. The molecule has 0 saturated carbocycles. The molecule has 0 atom stereocenters. The summed E-state index contributed by atoms with van der Waals surface area (Å²) in [6.07, 6.45) is 0.0982. The fraction of sp³-hybridized carbons (Fsp3) is 0.273. The van der Waals surface area contributed by atoms with Crippen LogP contribution in [-0.2, 0) is 4.79 Å². The lowest BCUT2D eigenvalue weighted by molar-refractivity contribution is -0.116. The number of hydrogen-bond donors (Lipinski definition) is 1. The molecule has 2 amide bonds. The molecule has 0 aliphatic carbocycles. The third-order valence-corrected chi connectivity index (χ3v) is 5.73. The van der Waals surface area contributed by atoms with Gasteiger partial charge in [-0.3, -0.25) is 9.59 Å². The lowest BCUT2D eigenvalue weighted by atomic mass is 10.1. The molecule has 0 bridgehead atoms. The maximum atomic E-state index is 13.5. The zero-order chi connectivity index (χ0) is 22.4. The molecule has 9 heteroatoms. The Labute approximate surface area is 192 Å². The predicted molar refractivity (Wildman–Crippen MR) is 123 cm³/mol. The van der Waals surface area contributed by atoms with Crippen molar-refractivity contribution in [1.29, 1.82) is 0 Å². The van der Waals surface area contributed by atoms with Gasteiger partial charge in [-0.15, -0.1) is 10.2 Å². The number of nitrogens with zero attached hydrogens (tertiary/aromatic N) is 3. The molecule has 0 unspecified atom stereocenters. The Kier molecular flexibility index (Phi) is 7.86. The van der Waals surface area contributed by atoms with Crippen LogP contribution in [0.25, 0.3) is 10.6 Å². The molecule has 6 nitrogen and oxygen atoms in total. The van der Waals surface area contributed by atoms with E-state index in [4.69, 9.17) is 0 Å². The molecule has 0 saturated heterocycles. The number of anilines is 1. The maximum absolute atomic E-state index is 13.5. The standard InChI is InChI=1S/C22H22BrFN4O2S/c1-14(2)13-28(21(30)16-4-3-5-18(24)12-16)11-10-19(29)25-22-27-26-20(31-22)15-6-8-17(23)9-7-15/h3-9,12,14H,10-11,13H2,1-2H3,(H,25,27,29). The first-order valence-electron chi connectivity index (χ1n) is 9.76. The number of amides is 2. The van der Waals surface area contributed by atoms with Crippen molar-refractivity contribution in [3.8, 4) is 10.6 Å². The third-order valence-electron chi connectivity index (χ3n) is 4.32. The predicted octanol–water partition coefficient (Wildman–Crippen LogP) is 5.23. The van der Waals surface area contributed by atoms with Crippen LogP contribution in [0.5, 0.6) is 0 Å². The van der Waals surface area contributed by atoms with Crippen LogP contribution in [0.15, 0.2) is 53.0 Å². The van der Waals surface area contributed by atoms with Crippen molar-refractivity contribution in [2.24, 2.45) is 5.92 Å². The molecule has 1 aromatic heterocycles. The first-order valence-corrected chi connectivity index (χ1v) is 11.4. The van der Waals surface area contributed by atoms with Gasteiger partial charge in [-0.1, -0.05) is 59.3 Å². The molecule has 0 aliphatic heterocycles. The first-order chi connectivity index (χ1) is 14.8. The van der Waals surface area contributed by atoms with Gasteiger partial charge in [0.2, 0.25) is 11.0 Å². The number of nitrogens with one attached hydrogen (secondary N) is 1. The molecule has 0 radical (unpaired) electrons. The van der Waals surface area contributed by atoms with Gasteiger partial charge < -0.3 is 10.2 Å². The fourth-order valence-electron chi connectivity index (χ4n) is 2.92. The second-order valence-electron chi connectivity index (χ2n) is 7.37. The molecule has 0 spiro atoms. The summed E-state index contributed by atoms with van der Waals surface area (Å²) >= 11 is 4.67. The second kappa shape index (κ2) is 10.6. The highest BCUT2D eigenvalue weighted by Crippen LogP contribution is 2.27. The summed E-state index contributed by atoms with van der Waals surface area (Å²) in [4.78, 5) is 26.8. The summed E-state index contributed by atoms with van der Waals surface area (Å²) in [6.45, 7) is 4.65. The van der Waals surface area contributed by atoms with Crippen molar-refractivity contribution in [2.75, 3.05) is 18.4 Å². The van der Waals surface area contributed by atoms with Crippen molar-refractivity contribution in [3.05, 3.63) is 64.4 Å². The molecule has 3 aromatic rings. The van der Waals surface area contributed by atoms with E-state index in [1.807, 2.05) is 38.1 Å². The Bertz CT molecular complexity index is 1060. The van der Waals surface area contributed by atoms with Gasteiger partial charge >= 0.3 is 0 Å². The van der Waals surface area contributed by atoms with E-state index in [0.29, 0.717) is 16.7 Å². The molecular formula is C22H22BrFN4O2S. The molecule has 1 heterocycles. The Morgan fingerprint density at radius 1 is 1.16 bits per heavy atom. The molecule has 1 N–H and O–H groups in total. The third kappa shape index (κ3) is 6.67. The normalized spacial score (nSPS) is 10.9. The van der Waals surface area contributed by atoms with E-state index in [2.05, 4.69) is 31.4 Å². The van der Waals surface area contributed by atoms with Gasteiger partial charge in [0.05, 0.1) is 0 Å². The number of carbonyl (C=O) groups is 2. The van der Waals surface area contributed by atoms with Crippen molar-refractivity contribution in [2.45, 2.75) is 20.3 Å². The van der Waals surface area contributed by atoms with E-state index in [1.165, 1.54) is 29.5 Å². The summed E-state index contributed by atoms with van der Waals surface area (Å²) in [5.41, 5.74) is 1.18. The molecule has 31 heavy (non-hydrogen) atoms. The molecule has 3 rings (SSSR count). The first kappa shape index (κ1) is 23.0. The minimum atomic E-state index is -0.467. The molecule has 0 aliphatic rings. The molecule has 0 fully saturated rings. The molecule has 2 aromatic carbocycles. The summed E-state index contributed by atoms with van der Waals surface area (Å²) in [5.74, 6) is -0.822. The SMILES string of the molecule is CC(C)CN(CCC(=O)Nc1nnc(-c2ccc(Br)cc2)s1)C(=O)c1cccc(F)c1. The lowest BCUT2D eigenvalue weighted by Crippen LogP contribution is -2.36. The van der Waals surface area contributed by atoms with E-state index in [1.54, 1.807) is 11.0 Å². The minimum absolute atomic E-state index is 0.0982. The van der Waals surface area contributed by atoms with E-state index in [-0.39, 0.29) is 36.3 Å². The summed E-state index contributed by atoms with van der Waals surface area (Å²) in [5, 5.41) is 12.0. The highest BCUT2D eigenvalue weighted by atomic mass is 79.9. The van der Waals surface area contributed by atoms with Gasteiger partial charge in [0.25, 0.3) is 5.91 Å². The van der Waals surface area contributed by atoms with Crippen LogP contribution in [0.1, 0.15) is 30.6 Å². The zero-order valence-corrected chi connectivity index (χ0v) is 19.5. The fourth-order valence-corrected chi connectivity index (χ4v) is 3.95. The largest absolute Gasteiger partial charge is 0.338 e. The number of rotatable bonds is 8.